The van der Waals surface area contributed by atoms with Gasteiger partial charge in [-0.2, -0.15) is 0 Å². The van der Waals surface area contributed by atoms with E-state index in [4.69, 9.17) is 33.0 Å². The van der Waals surface area contributed by atoms with Gasteiger partial charge in [-0.25, -0.2) is 10.1 Å². The minimum atomic E-state index is 0.217. The van der Waals surface area contributed by atoms with Crippen LogP contribution in [0.2, 0.25) is 5.02 Å². The largest absolute Gasteiger partial charge is 0.487 e. The normalized spacial score (nSPS) is 11.6. The van der Waals surface area contributed by atoms with Gasteiger partial charge in [-0.1, -0.05) is 60.1 Å². The fraction of sp³-hybridized carbons (Fsp3) is 0.0385. The van der Waals surface area contributed by atoms with Gasteiger partial charge in [0.2, 0.25) is 5.89 Å². The van der Waals surface area contributed by atoms with E-state index in [9.17, 15) is 0 Å². The van der Waals surface area contributed by atoms with Crippen LogP contribution in [0, 0.1) is 4.84 Å². The Morgan fingerprint density at radius 3 is 2.52 bits per heavy atom. The molecule has 0 aliphatic heterocycles. The van der Waals surface area contributed by atoms with Crippen LogP contribution in [0.4, 0.5) is 0 Å². The topological polar surface area (TPSA) is 63.9 Å². The summed E-state index contributed by atoms with van der Waals surface area (Å²) in [6.45, 7) is 0.381. The zero-order valence-electron chi connectivity index (χ0n) is 17.4. The highest BCUT2D eigenvalue weighted by Gasteiger charge is 2.12. The first-order chi connectivity index (χ1) is 16.1. The molecule has 1 N–H and O–H groups in total. The molecule has 33 heavy (non-hydrogen) atoms. The third-order valence-corrected chi connectivity index (χ3v) is 5.48. The summed E-state index contributed by atoms with van der Waals surface area (Å²) in [5.41, 5.74) is 4.48. The van der Waals surface area contributed by atoms with Crippen molar-refractivity contribution in [3.8, 4) is 5.75 Å². The van der Waals surface area contributed by atoms with Crippen molar-refractivity contribution in [2.45, 2.75) is 6.61 Å². The van der Waals surface area contributed by atoms with Crippen molar-refractivity contribution in [1.29, 1.82) is 0 Å². The maximum absolute atomic E-state index is 6.02. The number of nitrogens with zero attached hydrogens (tertiary/aromatic N) is 2. The quantitative estimate of drug-likeness (QED) is 0.211. The number of benzene rings is 3. The average molecular weight is 472 g/mol. The molecule has 2 heterocycles. The second kappa shape index (κ2) is 9.40. The second-order valence-electron chi connectivity index (χ2n) is 7.34. The number of nitrogens with one attached hydrogen (secondary N) is 1. The Balaban J connectivity index is 1.38. The lowest BCUT2D eigenvalue weighted by Gasteiger charge is -2.09. The first-order valence-electron chi connectivity index (χ1n) is 10.3. The lowest BCUT2D eigenvalue weighted by Crippen LogP contribution is -1.98. The summed E-state index contributed by atoms with van der Waals surface area (Å²) in [6.07, 6.45) is 1.97. The van der Waals surface area contributed by atoms with Crippen molar-refractivity contribution in [3.05, 3.63) is 118 Å². The van der Waals surface area contributed by atoms with E-state index in [0.717, 1.165) is 39.0 Å². The molecule has 5 aromatic rings. The van der Waals surface area contributed by atoms with Gasteiger partial charge in [-0.3, -0.25) is 0 Å². The molecule has 5 nitrogen and oxygen atoms in total. The maximum atomic E-state index is 6.02. The van der Waals surface area contributed by atoms with Gasteiger partial charge in [0.1, 0.15) is 12.4 Å². The summed E-state index contributed by atoms with van der Waals surface area (Å²) in [5, 5.41) is 8.66. The standard InChI is InChI=1S/C26H18ClN3O2S/c27-20-10-5-17(6-11-20)15-23(25-29-30-26(33)32-25)18-8-13-22(14-9-18)31-16-21-12-7-19-3-1-2-4-24(19)28-21/h1-15H,16H2,(H,30,33)/b23-15+. The Labute approximate surface area is 200 Å². The van der Waals surface area contributed by atoms with Crippen molar-refractivity contribution in [1.82, 2.24) is 15.2 Å². The molecule has 7 heteroatoms. The lowest BCUT2D eigenvalue weighted by atomic mass is 10.0. The molecule has 0 fully saturated rings. The van der Waals surface area contributed by atoms with Gasteiger partial charge < -0.3 is 9.15 Å². The van der Waals surface area contributed by atoms with Crippen molar-refractivity contribution < 1.29 is 9.15 Å². The molecule has 0 unspecified atom stereocenters. The molecule has 3 aromatic carbocycles. The van der Waals surface area contributed by atoms with Gasteiger partial charge in [0.25, 0.3) is 4.84 Å². The fourth-order valence-corrected chi connectivity index (χ4v) is 3.67. The first-order valence-corrected chi connectivity index (χ1v) is 11.0. The van der Waals surface area contributed by atoms with Gasteiger partial charge in [-0.15, -0.1) is 5.10 Å². The number of rotatable bonds is 6. The summed E-state index contributed by atoms with van der Waals surface area (Å²) < 4.78 is 11.5. The average Bonchev–Trinajstić information content (AvgIpc) is 3.28. The van der Waals surface area contributed by atoms with E-state index in [0.29, 0.717) is 17.5 Å². The van der Waals surface area contributed by atoms with Crippen LogP contribution in [0.3, 0.4) is 0 Å². The number of aromatic amines is 1. The third kappa shape index (κ3) is 5.03. The van der Waals surface area contributed by atoms with E-state index in [1.807, 2.05) is 84.9 Å². The molecule has 0 atom stereocenters. The van der Waals surface area contributed by atoms with Crippen LogP contribution in [0.1, 0.15) is 22.7 Å². The lowest BCUT2D eigenvalue weighted by molar-refractivity contribution is 0.302. The maximum Gasteiger partial charge on any atom is 0.284 e. The van der Waals surface area contributed by atoms with Crippen LogP contribution < -0.4 is 4.74 Å². The van der Waals surface area contributed by atoms with Crippen LogP contribution in [-0.2, 0) is 6.61 Å². The zero-order valence-corrected chi connectivity index (χ0v) is 18.9. The molecule has 0 radical (unpaired) electrons. The second-order valence-corrected chi connectivity index (χ2v) is 8.14. The fourth-order valence-electron chi connectivity index (χ4n) is 3.42. The number of hydrogen-bond acceptors (Lipinski definition) is 5. The minimum Gasteiger partial charge on any atom is -0.487 e. The van der Waals surface area contributed by atoms with E-state index >= 15 is 0 Å². The van der Waals surface area contributed by atoms with Crippen LogP contribution >= 0.6 is 23.8 Å². The number of hydrogen-bond donors (Lipinski definition) is 1. The molecule has 162 valence electrons. The number of pyridine rings is 1. The molecular weight excluding hydrogens is 454 g/mol. The van der Waals surface area contributed by atoms with E-state index < -0.39 is 0 Å². The van der Waals surface area contributed by atoms with Gasteiger partial charge in [0.05, 0.1) is 11.2 Å². The molecular formula is C26H18ClN3O2S. The number of halogens is 1. The summed E-state index contributed by atoms with van der Waals surface area (Å²) in [5.74, 6) is 1.14. The number of fused-ring (bicyclic) bond motifs is 1. The molecule has 0 spiro atoms. The van der Waals surface area contributed by atoms with Crippen molar-refractivity contribution in [2.24, 2.45) is 0 Å². The van der Waals surface area contributed by atoms with Crippen LogP contribution in [0.5, 0.6) is 5.75 Å². The van der Waals surface area contributed by atoms with E-state index in [-0.39, 0.29) is 4.84 Å². The highest BCUT2D eigenvalue weighted by atomic mass is 35.5. The van der Waals surface area contributed by atoms with Gasteiger partial charge >= 0.3 is 0 Å². The van der Waals surface area contributed by atoms with E-state index in [2.05, 4.69) is 21.2 Å². The Bertz CT molecular complexity index is 1490. The summed E-state index contributed by atoms with van der Waals surface area (Å²) in [7, 11) is 0. The van der Waals surface area contributed by atoms with Gasteiger partial charge in [0, 0.05) is 16.0 Å². The number of ether oxygens (including phenoxy) is 1. The third-order valence-electron chi connectivity index (χ3n) is 5.06. The molecule has 0 amide bonds. The Hall–Kier alpha value is -3.74. The Kier molecular flexibility index (Phi) is 6.02. The van der Waals surface area contributed by atoms with Gasteiger partial charge in [-0.05, 0) is 65.8 Å². The monoisotopic (exact) mass is 471 g/mol. The minimum absolute atomic E-state index is 0.217. The van der Waals surface area contributed by atoms with Crippen molar-refractivity contribution >= 4 is 46.4 Å². The first kappa shape index (κ1) is 21.1. The molecule has 0 aliphatic rings. The molecule has 0 bridgehead atoms. The predicted octanol–water partition coefficient (Wildman–Crippen LogP) is 7.10. The molecule has 0 saturated carbocycles. The number of aromatic nitrogens is 3. The highest BCUT2D eigenvalue weighted by molar-refractivity contribution is 7.71. The Morgan fingerprint density at radius 1 is 0.970 bits per heavy atom. The zero-order chi connectivity index (χ0) is 22.6. The molecule has 0 aliphatic carbocycles. The van der Waals surface area contributed by atoms with Gasteiger partial charge in [0.15, 0.2) is 0 Å². The summed E-state index contributed by atoms with van der Waals surface area (Å²) >= 11 is 11.1. The highest BCUT2D eigenvalue weighted by Crippen LogP contribution is 2.27. The molecule has 5 rings (SSSR count). The van der Waals surface area contributed by atoms with Crippen LogP contribution in [-0.4, -0.2) is 15.2 Å². The predicted molar refractivity (Wildman–Crippen MR) is 133 cm³/mol. The molecule has 0 saturated heterocycles. The van der Waals surface area contributed by atoms with Crippen LogP contribution in [0.15, 0.2) is 89.3 Å². The van der Waals surface area contributed by atoms with E-state index in [1.165, 1.54) is 0 Å². The number of H-pyrrole nitrogens is 1. The van der Waals surface area contributed by atoms with Crippen LogP contribution in [0.25, 0.3) is 22.6 Å². The van der Waals surface area contributed by atoms with Crippen molar-refractivity contribution in [2.75, 3.05) is 0 Å². The Morgan fingerprint density at radius 2 is 1.76 bits per heavy atom. The van der Waals surface area contributed by atoms with Crippen molar-refractivity contribution in [3.63, 3.8) is 0 Å². The summed E-state index contributed by atoms with van der Waals surface area (Å²) in [6, 6.07) is 27.3. The van der Waals surface area contributed by atoms with E-state index in [1.54, 1.807) is 0 Å². The number of para-hydroxylation sites is 1. The smallest absolute Gasteiger partial charge is 0.284 e. The molecule has 2 aromatic heterocycles. The summed E-state index contributed by atoms with van der Waals surface area (Å²) in [4.78, 5) is 4.87. The SMILES string of the molecule is S=c1[nH]nc(/C(=C/c2ccc(Cl)cc2)c2ccc(OCc3ccc4ccccc4n3)cc2)o1.